The average molecular weight is 438 g/mol. The summed E-state index contributed by atoms with van der Waals surface area (Å²) in [7, 11) is 0. The van der Waals surface area contributed by atoms with Crippen LogP contribution in [-0.4, -0.2) is 38.9 Å². The molecule has 0 unspecified atom stereocenters. The van der Waals surface area contributed by atoms with Gasteiger partial charge in [0.05, 0.1) is 5.75 Å². The first-order chi connectivity index (χ1) is 15.1. The quantitative estimate of drug-likeness (QED) is 0.528. The first kappa shape index (κ1) is 20.9. The monoisotopic (exact) mass is 437 g/mol. The molecule has 0 aliphatic carbocycles. The molecule has 2 amide bonds. The second kappa shape index (κ2) is 9.65. The third-order valence-corrected chi connectivity index (χ3v) is 6.04. The molecule has 4 rings (SSSR count). The van der Waals surface area contributed by atoms with E-state index in [1.165, 1.54) is 11.8 Å². The third kappa shape index (κ3) is 5.24. The molecule has 8 nitrogen and oxygen atoms in total. The van der Waals surface area contributed by atoms with Crippen LogP contribution in [-0.2, 0) is 22.6 Å². The summed E-state index contributed by atoms with van der Waals surface area (Å²) in [5, 5.41) is 9.82. The van der Waals surface area contributed by atoms with E-state index in [2.05, 4.69) is 15.5 Å². The molecule has 1 aliphatic heterocycles. The van der Waals surface area contributed by atoms with Crippen LogP contribution < -0.4 is 15.9 Å². The van der Waals surface area contributed by atoms with Gasteiger partial charge >= 0.3 is 5.69 Å². The number of hydrogen-bond acceptors (Lipinski definition) is 5. The Labute approximate surface area is 183 Å². The maximum Gasteiger partial charge on any atom is 0.343 e. The van der Waals surface area contributed by atoms with Gasteiger partial charge in [-0.05, 0) is 42.7 Å². The van der Waals surface area contributed by atoms with Crippen LogP contribution in [0.15, 0.2) is 64.5 Å². The zero-order valence-electron chi connectivity index (χ0n) is 16.9. The zero-order chi connectivity index (χ0) is 21.6. The highest BCUT2D eigenvalue weighted by Gasteiger charge is 2.21. The van der Waals surface area contributed by atoms with E-state index >= 15 is 0 Å². The molecule has 2 aromatic carbocycles. The van der Waals surface area contributed by atoms with Crippen molar-refractivity contribution in [1.29, 1.82) is 0 Å². The largest absolute Gasteiger partial charge is 0.343 e. The molecule has 1 saturated heterocycles. The Morgan fingerprint density at radius 1 is 1.10 bits per heavy atom. The van der Waals surface area contributed by atoms with Gasteiger partial charge in [0.25, 0.3) is 0 Å². The molecule has 1 aliphatic rings. The van der Waals surface area contributed by atoms with Crippen molar-refractivity contribution in [2.45, 2.75) is 31.0 Å². The number of aromatic amines is 1. The summed E-state index contributed by atoms with van der Waals surface area (Å²) in [6, 6.07) is 17.1. The van der Waals surface area contributed by atoms with Gasteiger partial charge in [-0.25, -0.2) is 9.89 Å². The SMILES string of the molecule is O=C(CSc1n[nH]c(=O)n1CCc1ccccc1)Nc1ccc(N2CCCC2=O)cc1. The number of nitrogens with zero attached hydrogens (tertiary/aromatic N) is 3. The molecule has 0 radical (unpaired) electrons. The van der Waals surface area contributed by atoms with E-state index < -0.39 is 0 Å². The van der Waals surface area contributed by atoms with Crippen molar-refractivity contribution in [2.24, 2.45) is 0 Å². The number of hydrogen-bond donors (Lipinski definition) is 2. The van der Waals surface area contributed by atoms with Crippen LogP contribution in [0.4, 0.5) is 11.4 Å². The summed E-state index contributed by atoms with van der Waals surface area (Å²) in [6.45, 7) is 1.22. The van der Waals surface area contributed by atoms with Crippen molar-refractivity contribution in [2.75, 3.05) is 22.5 Å². The van der Waals surface area contributed by atoms with Gasteiger partial charge in [-0.15, -0.1) is 5.10 Å². The average Bonchev–Trinajstić information content (AvgIpc) is 3.37. The summed E-state index contributed by atoms with van der Waals surface area (Å²) in [5.41, 5.74) is 2.34. The molecule has 31 heavy (non-hydrogen) atoms. The third-order valence-electron chi connectivity index (χ3n) is 5.06. The molecule has 3 aromatic rings. The van der Waals surface area contributed by atoms with Crippen molar-refractivity contribution in [3.63, 3.8) is 0 Å². The van der Waals surface area contributed by atoms with Crippen molar-refractivity contribution >= 4 is 35.0 Å². The number of amides is 2. The lowest BCUT2D eigenvalue weighted by atomic mass is 10.1. The predicted molar refractivity (Wildman–Crippen MR) is 120 cm³/mol. The minimum atomic E-state index is -0.286. The normalized spacial score (nSPS) is 13.5. The molecule has 0 spiro atoms. The number of anilines is 2. The van der Waals surface area contributed by atoms with Crippen LogP contribution in [0.5, 0.6) is 0 Å². The van der Waals surface area contributed by atoms with Gasteiger partial charge in [0.1, 0.15) is 0 Å². The lowest BCUT2D eigenvalue weighted by Crippen LogP contribution is -2.23. The van der Waals surface area contributed by atoms with E-state index in [0.29, 0.717) is 30.2 Å². The molecule has 1 fully saturated rings. The predicted octanol–water partition coefficient (Wildman–Crippen LogP) is 2.67. The molecule has 2 heterocycles. The number of aromatic nitrogens is 3. The summed E-state index contributed by atoms with van der Waals surface area (Å²) >= 11 is 1.21. The van der Waals surface area contributed by atoms with Crippen LogP contribution in [0.3, 0.4) is 0 Å². The fourth-order valence-electron chi connectivity index (χ4n) is 3.47. The first-order valence-electron chi connectivity index (χ1n) is 10.1. The second-order valence-corrected chi connectivity index (χ2v) is 8.17. The Bertz CT molecular complexity index is 1110. The molecular weight excluding hydrogens is 414 g/mol. The van der Waals surface area contributed by atoms with Crippen LogP contribution in [0, 0.1) is 0 Å². The standard InChI is InChI=1S/C22H23N5O3S/c28-19(23-17-8-10-18(11-9-17)26-13-4-7-20(26)29)15-31-22-25-24-21(30)27(22)14-12-16-5-2-1-3-6-16/h1-3,5-6,8-11H,4,7,12-15H2,(H,23,28)(H,24,30). The number of carbonyl (C=O) groups excluding carboxylic acids is 2. The molecule has 1 aromatic heterocycles. The van der Waals surface area contributed by atoms with E-state index in [1.807, 2.05) is 42.5 Å². The topological polar surface area (TPSA) is 100 Å². The van der Waals surface area contributed by atoms with Gasteiger partial charge in [-0.2, -0.15) is 0 Å². The molecule has 2 N–H and O–H groups in total. The molecular formula is C22H23N5O3S. The molecule has 9 heteroatoms. The number of thioether (sulfide) groups is 1. The van der Waals surface area contributed by atoms with Gasteiger partial charge in [0, 0.05) is 30.9 Å². The van der Waals surface area contributed by atoms with E-state index in [1.54, 1.807) is 21.6 Å². The number of rotatable bonds is 8. The number of nitrogens with one attached hydrogen (secondary N) is 2. The summed E-state index contributed by atoms with van der Waals surface area (Å²) in [4.78, 5) is 38.0. The Kier molecular flexibility index (Phi) is 6.51. The summed E-state index contributed by atoms with van der Waals surface area (Å²) in [6.07, 6.45) is 2.16. The smallest absolute Gasteiger partial charge is 0.325 e. The van der Waals surface area contributed by atoms with Crippen molar-refractivity contribution in [1.82, 2.24) is 14.8 Å². The van der Waals surface area contributed by atoms with E-state index in [9.17, 15) is 14.4 Å². The molecule has 0 saturated carbocycles. The second-order valence-electron chi connectivity index (χ2n) is 7.23. The number of H-pyrrole nitrogens is 1. The first-order valence-corrected chi connectivity index (χ1v) is 11.1. The van der Waals surface area contributed by atoms with Gasteiger partial charge < -0.3 is 10.2 Å². The number of benzene rings is 2. The lowest BCUT2D eigenvalue weighted by Gasteiger charge is -2.16. The molecule has 160 valence electrons. The van der Waals surface area contributed by atoms with Crippen LogP contribution in [0.1, 0.15) is 18.4 Å². The highest BCUT2D eigenvalue weighted by molar-refractivity contribution is 7.99. The lowest BCUT2D eigenvalue weighted by molar-refractivity contribution is -0.117. The minimum Gasteiger partial charge on any atom is -0.325 e. The molecule has 0 atom stereocenters. The van der Waals surface area contributed by atoms with Gasteiger partial charge in [0.2, 0.25) is 11.8 Å². The summed E-state index contributed by atoms with van der Waals surface area (Å²) in [5.74, 6) is 0.0627. The van der Waals surface area contributed by atoms with Gasteiger partial charge in [0.15, 0.2) is 5.16 Å². The Morgan fingerprint density at radius 3 is 2.58 bits per heavy atom. The number of aryl methyl sites for hydroxylation is 1. The van der Waals surface area contributed by atoms with Gasteiger partial charge in [-0.3, -0.25) is 14.2 Å². The van der Waals surface area contributed by atoms with E-state index in [-0.39, 0.29) is 23.3 Å². The Morgan fingerprint density at radius 2 is 1.87 bits per heavy atom. The summed E-state index contributed by atoms with van der Waals surface area (Å²) < 4.78 is 1.55. The van der Waals surface area contributed by atoms with Crippen LogP contribution in [0.25, 0.3) is 0 Å². The van der Waals surface area contributed by atoms with Crippen LogP contribution >= 0.6 is 11.8 Å². The Balaban J connectivity index is 1.31. The highest BCUT2D eigenvalue weighted by Crippen LogP contribution is 2.23. The van der Waals surface area contributed by atoms with E-state index in [4.69, 9.17) is 0 Å². The van der Waals surface area contributed by atoms with Gasteiger partial charge in [-0.1, -0.05) is 42.1 Å². The van der Waals surface area contributed by atoms with Crippen LogP contribution in [0.2, 0.25) is 0 Å². The maximum atomic E-state index is 12.4. The Hall–Kier alpha value is -3.33. The fourth-order valence-corrected chi connectivity index (χ4v) is 4.24. The minimum absolute atomic E-state index is 0.127. The fraction of sp³-hybridized carbons (Fsp3) is 0.273. The maximum absolute atomic E-state index is 12.4. The molecule has 0 bridgehead atoms. The van der Waals surface area contributed by atoms with E-state index in [0.717, 1.165) is 24.2 Å². The van der Waals surface area contributed by atoms with Crippen molar-refractivity contribution in [3.8, 4) is 0 Å². The van der Waals surface area contributed by atoms with Crippen molar-refractivity contribution in [3.05, 3.63) is 70.6 Å². The van der Waals surface area contributed by atoms with Crippen molar-refractivity contribution < 1.29 is 9.59 Å². The zero-order valence-corrected chi connectivity index (χ0v) is 17.7. The highest BCUT2D eigenvalue weighted by atomic mass is 32.2. The number of carbonyl (C=O) groups is 2.